The van der Waals surface area contributed by atoms with Gasteiger partial charge in [0.2, 0.25) is 5.91 Å². The average molecular weight is 491 g/mol. The van der Waals surface area contributed by atoms with Gasteiger partial charge in [-0.1, -0.05) is 23.8 Å². The zero-order chi connectivity index (χ0) is 25.1. The zero-order valence-electron chi connectivity index (χ0n) is 19.3. The number of amides is 3. The normalized spacial score (nSPS) is 14.5. The van der Waals surface area contributed by atoms with Crippen molar-refractivity contribution < 1.29 is 28.3 Å². The molecule has 2 aromatic carbocycles. The number of furan rings is 1. The van der Waals surface area contributed by atoms with Gasteiger partial charge in [0.1, 0.15) is 18.1 Å². The quantitative estimate of drug-likeness (QED) is 0.382. The van der Waals surface area contributed by atoms with Gasteiger partial charge in [-0.3, -0.25) is 19.3 Å². The summed E-state index contributed by atoms with van der Waals surface area (Å²) >= 11 is 0.750. The maximum absolute atomic E-state index is 12.8. The fraction of sp³-hybridized carbons (Fsp3) is 0.154. The van der Waals surface area contributed by atoms with Crippen LogP contribution in [0.3, 0.4) is 0 Å². The van der Waals surface area contributed by atoms with Crippen molar-refractivity contribution in [1.29, 1.82) is 0 Å². The summed E-state index contributed by atoms with van der Waals surface area (Å²) in [4.78, 5) is 50.3. The Hall–Kier alpha value is -4.11. The number of carbonyl (C=O) groups is 4. The third-order valence-corrected chi connectivity index (χ3v) is 6.23. The van der Waals surface area contributed by atoms with E-state index in [1.165, 1.54) is 13.2 Å². The molecule has 4 rings (SSSR count). The summed E-state index contributed by atoms with van der Waals surface area (Å²) in [7, 11) is 1.32. The molecule has 3 amide bonds. The van der Waals surface area contributed by atoms with Crippen molar-refractivity contribution in [3.05, 3.63) is 82.0 Å². The van der Waals surface area contributed by atoms with Crippen molar-refractivity contribution in [1.82, 2.24) is 4.90 Å². The van der Waals surface area contributed by atoms with Gasteiger partial charge in [-0.15, -0.1) is 0 Å². The van der Waals surface area contributed by atoms with E-state index in [4.69, 9.17) is 9.15 Å². The minimum atomic E-state index is -0.560. The second kappa shape index (κ2) is 10.0. The number of esters is 1. The molecular formula is C26H22N2O6S. The second-order valence-electron chi connectivity index (χ2n) is 7.91. The molecule has 1 fully saturated rings. The molecular weight excluding hydrogens is 468 g/mol. The summed E-state index contributed by atoms with van der Waals surface area (Å²) in [6, 6.07) is 15.7. The molecule has 9 heteroatoms. The second-order valence-corrected chi connectivity index (χ2v) is 8.90. The largest absolute Gasteiger partial charge is 0.465 e. The molecule has 0 atom stereocenters. The molecule has 0 saturated carbocycles. The molecule has 1 saturated heterocycles. The number of aryl methyl sites for hydroxylation is 2. The van der Waals surface area contributed by atoms with Crippen molar-refractivity contribution in [2.75, 3.05) is 19.0 Å². The lowest BCUT2D eigenvalue weighted by Gasteiger charge is -2.12. The van der Waals surface area contributed by atoms with Crippen LogP contribution in [0.1, 0.15) is 27.2 Å². The standard InChI is InChI=1S/C26H22N2O6S/c1-15-4-7-18(8-5-15)27-23(29)14-28-24(30)22(35-26(28)32)13-19-9-11-21(34-19)20-10-6-17(12-16(20)2)25(31)33-3/h4-13H,14H2,1-3H3,(H,27,29)/b22-13-. The summed E-state index contributed by atoms with van der Waals surface area (Å²) < 4.78 is 10.6. The summed E-state index contributed by atoms with van der Waals surface area (Å²) in [5, 5.41) is 2.16. The Morgan fingerprint density at radius 2 is 1.80 bits per heavy atom. The molecule has 35 heavy (non-hydrogen) atoms. The van der Waals surface area contributed by atoms with Gasteiger partial charge in [0.25, 0.3) is 11.1 Å². The van der Waals surface area contributed by atoms with Crippen molar-refractivity contribution in [2.45, 2.75) is 13.8 Å². The van der Waals surface area contributed by atoms with Gasteiger partial charge in [-0.05, 0) is 67.6 Å². The molecule has 0 aliphatic carbocycles. The van der Waals surface area contributed by atoms with Crippen LogP contribution in [0.15, 0.2) is 63.9 Å². The number of benzene rings is 2. The molecule has 1 N–H and O–H groups in total. The maximum Gasteiger partial charge on any atom is 0.337 e. The fourth-order valence-electron chi connectivity index (χ4n) is 3.51. The van der Waals surface area contributed by atoms with Gasteiger partial charge < -0.3 is 14.5 Å². The zero-order valence-corrected chi connectivity index (χ0v) is 20.1. The molecule has 1 aliphatic heterocycles. The molecule has 1 aliphatic rings. The summed E-state index contributed by atoms with van der Waals surface area (Å²) in [6.45, 7) is 3.39. The Kier molecular flexibility index (Phi) is 6.88. The summed E-state index contributed by atoms with van der Waals surface area (Å²) in [5.41, 5.74) is 3.65. The number of imide groups is 1. The third kappa shape index (κ3) is 5.36. The Labute approximate surface area is 205 Å². The highest BCUT2D eigenvalue weighted by molar-refractivity contribution is 8.18. The fourth-order valence-corrected chi connectivity index (χ4v) is 4.33. The summed E-state index contributed by atoms with van der Waals surface area (Å²) in [6.07, 6.45) is 1.48. The van der Waals surface area contributed by atoms with Crippen LogP contribution in [-0.4, -0.2) is 41.6 Å². The van der Waals surface area contributed by atoms with E-state index in [9.17, 15) is 19.2 Å². The molecule has 0 bridgehead atoms. The Bertz CT molecular complexity index is 1360. The van der Waals surface area contributed by atoms with Crippen LogP contribution in [0.25, 0.3) is 17.4 Å². The number of thioether (sulfide) groups is 1. The van der Waals surface area contributed by atoms with Crippen molar-refractivity contribution in [3.8, 4) is 11.3 Å². The van der Waals surface area contributed by atoms with Crippen LogP contribution in [0, 0.1) is 13.8 Å². The van der Waals surface area contributed by atoms with Crippen LogP contribution in [0.2, 0.25) is 0 Å². The Morgan fingerprint density at radius 1 is 1.06 bits per heavy atom. The molecule has 2 heterocycles. The third-order valence-electron chi connectivity index (χ3n) is 5.32. The van der Waals surface area contributed by atoms with E-state index in [0.29, 0.717) is 22.8 Å². The molecule has 3 aromatic rings. The lowest BCUT2D eigenvalue weighted by molar-refractivity contribution is -0.127. The van der Waals surface area contributed by atoms with Crippen molar-refractivity contribution in [2.24, 2.45) is 0 Å². The molecule has 1 aromatic heterocycles. The van der Waals surface area contributed by atoms with Crippen LogP contribution in [0.4, 0.5) is 10.5 Å². The topological polar surface area (TPSA) is 106 Å². The van der Waals surface area contributed by atoms with Crippen LogP contribution >= 0.6 is 11.8 Å². The summed E-state index contributed by atoms with van der Waals surface area (Å²) in [5.74, 6) is -0.532. The van der Waals surface area contributed by atoms with E-state index >= 15 is 0 Å². The van der Waals surface area contributed by atoms with Crippen molar-refractivity contribution >= 4 is 46.5 Å². The first-order chi connectivity index (χ1) is 16.7. The van der Waals surface area contributed by atoms with Crippen LogP contribution < -0.4 is 5.32 Å². The number of methoxy groups -OCH3 is 1. The number of nitrogens with one attached hydrogen (secondary N) is 1. The Balaban J connectivity index is 1.46. The van der Waals surface area contributed by atoms with Gasteiger partial charge in [0.15, 0.2) is 0 Å². The maximum atomic E-state index is 12.8. The number of anilines is 1. The number of carbonyl (C=O) groups excluding carboxylic acids is 4. The number of hydrogen-bond donors (Lipinski definition) is 1. The van der Waals surface area contributed by atoms with Gasteiger partial charge in [0.05, 0.1) is 17.6 Å². The predicted molar refractivity (Wildman–Crippen MR) is 133 cm³/mol. The first-order valence-electron chi connectivity index (χ1n) is 10.7. The molecule has 0 spiro atoms. The van der Waals surface area contributed by atoms with Crippen LogP contribution in [-0.2, 0) is 14.3 Å². The van der Waals surface area contributed by atoms with E-state index < -0.39 is 23.0 Å². The molecule has 0 unspecified atom stereocenters. The predicted octanol–water partition coefficient (Wildman–Crippen LogP) is 5.03. The number of rotatable bonds is 6. The van der Waals surface area contributed by atoms with E-state index in [0.717, 1.165) is 33.4 Å². The van der Waals surface area contributed by atoms with Gasteiger partial charge in [-0.2, -0.15) is 0 Å². The average Bonchev–Trinajstić information content (AvgIpc) is 3.40. The SMILES string of the molecule is COC(=O)c1ccc(-c2ccc(/C=C3\SC(=O)N(CC(=O)Nc4ccc(C)cc4)C3=O)o2)c(C)c1. The van der Waals surface area contributed by atoms with Crippen molar-refractivity contribution in [3.63, 3.8) is 0 Å². The molecule has 0 radical (unpaired) electrons. The highest BCUT2D eigenvalue weighted by Crippen LogP contribution is 2.34. The Morgan fingerprint density at radius 3 is 2.49 bits per heavy atom. The van der Waals surface area contributed by atoms with E-state index in [-0.39, 0.29) is 11.4 Å². The van der Waals surface area contributed by atoms with E-state index in [1.807, 2.05) is 26.0 Å². The van der Waals surface area contributed by atoms with Gasteiger partial charge >= 0.3 is 5.97 Å². The molecule has 8 nitrogen and oxygen atoms in total. The van der Waals surface area contributed by atoms with E-state index in [1.54, 1.807) is 42.5 Å². The lowest BCUT2D eigenvalue weighted by Crippen LogP contribution is -2.36. The van der Waals surface area contributed by atoms with Gasteiger partial charge in [0, 0.05) is 17.3 Å². The first kappa shape index (κ1) is 24.0. The molecule has 178 valence electrons. The number of nitrogens with zero attached hydrogens (tertiary/aromatic N) is 1. The highest BCUT2D eigenvalue weighted by Gasteiger charge is 2.36. The monoisotopic (exact) mass is 490 g/mol. The number of hydrogen-bond acceptors (Lipinski definition) is 7. The highest BCUT2D eigenvalue weighted by atomic mass is 32.2. The first-order valence-corrected chi connectivity index (χ1v) is 11.5. The van der Waals surface area contributed by atoms with E-state index in [2.05, 4.69) is 5.32 Å². The lowest BCUT2D eigenvalue weighted by atomic mass is 10.0. The van der Waals surface area contributed by atoms with Crippen LogP contribution in [0.5, 0.6) is 0 Å². The number of ether oxygens (including phenoxy) is 1. The smallest absolute Gasteiger partial charge is 0.337 e. The minimum absolute atomic E-state index is 0.164. The minimum Gasteiger partial charge on any atom is -0.465 e. The van der Waals surface area contributed by atoms with Gasteiger partial charge in [-0.25, -0.2) is 4.79 Å².